The third kappa shape index (κ3) is 3.90. The van der Waals surface area contributed by atoms with Crippen molar-refractivity contribution >= 4 is 38.4 Å². The summed E-state index contributed by atoms with van der Waals surface area (Å²) in [6.07, 6.45) is 0. The zero-order valence-corrected chi connectivity index (χ0v) is 22.8. The van der Waals surface area contributed by atoms with Crippen LogP contribution in [0.3, 0.4) is 0 Å². The molecule has 1 aliphatic rings. The fourth-order valence-electron chi connectivity index (χ4n) is 5.36. The number of nitrogens with one attached hydrogen (secondary N) is 2. The number of aromatic amines is 1. The molecule has 2 aromatic heterocycles. The van der Waals surface area contributed by atoms with E-state index in [4.69, 9.17) is 5.10 Å². The highest BCUT2D eigenvalue weighted by Crippen LogP contribution is 2.46. The van der Waals surface area contributed by atoms with Crippen LogP contribution in [0.15, 0.2) is 99.4 Å². The van der Waals surface area contributed by atoms with Crippen LogP contribution in [0.25, 0.3) is 16.7 Å². The van der Waals surface area contributed by atoms with E-state index in [0.29, 0.717) is 22.5 Å². The number of benzene rings is 3. The Hall–Kier alpha value is -4.23. The number of allylic oxidation sites excluding steroid dienone is 2. The van der Waals surface area contributed by atoms with Crippen molar-refractivity contribution in [2.75, 3.05) is 5.32 Å². The first-order valence-corrected chi connectivity index (χ1v) is 13.2. The van der Waals surface area contributed by atoms with Crippen molar-refractivity contribution in [1.29, 1.82) is 0 Å². The molecule has 0 radical (unpaired) electrons. The van der Waals surface area contributed by atoms with E-state index in [1.165, 1.54) is 0 Å². The number of aryl methyl sites for hydroxylation is 2. The van der Waals surface area contributed by atoms with E-state index < -0.39 is 11.5 Å². The van der Waals surface area contributed by atoms with Gasteiger partial charge in [0.25, 0.3) is 5.56 Å². The lowest BCUT2D eigenvalue weighted by Gasteiger charge is -2.18. The Labute approximate surface area is 228 Å². The van der Waals surface area contributed by atoms with Gasteiger partial charge < -0.3 is 10.3 Å². The van der Waals surface area contributed by atoms with Gasteiger partial charge in [-0.05, 0) is 68.3 Å². The molecular formula is C31H25BrN4O2. The first kappa shape index (κ1) is 24.1. The monoisotopic (exact) mass is 564 g/mol. The number of aromatic nitrogens is 3. The lowest BCUT2D eigenvalue weighted by molar-refractivity contribution is 0.103. The van der Waals surface area contributed by atoms with E-state index in [1.54, 1.807) is 4.68 Å². The number of para-hydroxylation sites is 1. The predicted molar refractivity (Wildman–Crippen MR) is 154 cm³/mol. The second-order valence-corrected chi connectivity index (χ2v) is 10.6. The number of Topliss-reactive ketones (excluding diaryl/α,β-unsaturated/α-hetero) is 1. The van der Waals surface area contributed by atoms with Crippen molar-refractivity contribution in [3.05, 3.63) is 133 Å². The molecule has 6 rings (SSSR count). The smallest absolute Gasteiger partial charge is 0.261 e. The third-order valence-corrected chi connectivity index (χ3v) is 7.63. The highest BCUT2D eigenvalue weighted by molar-refractivity contribution is 9.10. The Kier molecular flexibility index (Phi) is 5.88. The fraction of sp³-hybridized carbons (Fsp3) is 0.129. The average molecular weight is 565 g/mol. The van der Waals surface area contributed by atoms with Gasteiger partial charge in [-0.15, -0.1) is 0 Å². The minimum Gasteiger partial charge on any atom is -0.359 e. The molecule has 7 heteroatoms. The van der Waals surface area contributed by atoms with Crippen molar-refractivity contribution in [3.63, 3.8) is 0 Å². The fourth-order valence-corrected chi connectivity index (χ4v) is 5.62. The standard InChI is InChI=1S/C31H25BrN4O2/c1-17-9-15-22(16-10-17)33-18(2)24-26(20-11-13-21(32)14-12-20)27-25-19(3)35-36(23-7-5-4-6-8-23)30(25)34-31(38)28(27)29(24)37/h4-16,26,33H,1-3H3,(H,34,38)/b24-18-. The second-order valence-electron chi connectivity index (χ2n) is 9.64. The summed E-state index contributed by atoms with van der Waals surface area (Å²) in [5.41, 5.74) is 6.87. The highest BCUT2D eigenvalue weighted by atomic mass is 79.9. The number of pyridine rings is 1. The lowest BCUT2D eigenvalue weighted by Crippen LogP contribution is -2.18. The molecule has 0 bridgehead atoms. The summed E-state index contributed by atoms with van der Waals surface area (Å²) in [5, 5.41) is 9.00. The number of halogens is 1. The molecule has 6 nitrogen and oxygen atoms in total. The van der Waals surface area contributed by atoms with Crippen molar-refractivity contribution in [2.24, 2.45) is 0 Å². The molecule has 3 aromatic carbocycles. The Balaban J connectivity index is 1.63. The molecule has 0 aliphatic heterocycles. The maximum absolute atomic E-state index is 14.0. The third-order valence-electron chi connectivity index (χ3n) is 7.10. The number of hydrogen-bond donors (Lipinski definition) is 2. The summed E-state index contributed by atoms with van der Waals surface area (Å²) in [7, 11) is 0. The molecule has 0 spiro atoms. The first-order chi connectivity index (χ1) is 18.3. The highest BCUT2D eigenvalue weighted by Gasteiger charge is 2.42. The summed E-state index contributed by atoms with van der Waals surface area (Å²) >= 11 is 3.52. The Morgan fingerprint density at radius 2 is 1.63 bits per heavy atom. The molecule has 0 amide bonds. The molecule has 0 saturated carbocycles. The van der Waals surface area contributed by atoms with Crippen LogP contribution in [0.5, 0.6) is 0 Å². The summed E-state index contributed by atoms with van der Waals surface area (Å²) in [5.74, 6) is -0.694. The van der Waals surface area contributed by atoms with Crippen LogP contribution >= 0.6 is 15.9 Å². The summed E-state index contributed by atoms with van der Waals surface area (Å²) in [6, 6.07) is 25.6. The van der Waals surface area contributed by atoms with Crippen LogP contribution in [-0.2, 0) is 0 Å². The van der Waals surface area contributed by atoms with Crippen LogP contribution in [0.1, 0.15) is 45.6 Å². The van der Waals surface area contributed by atoms with Crippen LogP contribution in [-0.4, -0.2) is 20.5 Å². The van der Waals surface area contributed by atoms with Gasteiger partial charge >= 0.3 is 0 Å². The van der Waals surface area contributed by atoms with Gasteiger partial charge in [-0.3, -0.25) is 9.59 Å². The van der Waals surface area contributed by atoms with Gasteiger partial charge in [0.2, 0.25) is 0 Å². The topological polar surface area (TPSA) is 79.8 Å². The van der Waals surface area contributed by atoms with Crippen LogP contribution in [0.4, 0.5) is 5.69 Å². The molecule has 38 heavy (non-hydrogen) atoms. The number of nitrogens with zero attached hydrogens (tertiary/aromatic N) is 2. The van der Waals surface area contributed by atoms with E-state index in [9.17, 15) is 9.59 Å². The number of rotatable bonds is 4. The molecule has 2 N–H and O–H groups in total. The van der Waals surface area contributed by atoms with Crippen LogP contribution in [0, 0.1) is 13.8 Å². The number of ketones is 1. The molecule has 1 unspecified atom stereocenters. The van der Waals surface area contributed by atoms with Gasteiger partial charge in [-0.25, -0.2) is 4.68 Å². The van der Waals surface area contributed by atoms with Crippen molar-refractivity contribution < 1.29 is 4.79 Å². The van der Waals surface area contributed by atoms with Gasteiger partial charge in [0.15, 0.2) is 5.78 Å². The molecule has 2 heterocycles. The molecule has 1 atom stereocenters. The maximum atomic E-state index is 14.0. The van der Waals surface area contributed by atoms with E-state index in [-0.39, 0.29) is 11.3 Å². The molecular weight excluding hydrogens is 540 g/mol. The van der Waals surface area contributed by atoms with E-state index >= 15 is 0 Å². The van der Waals surface area contributed by atoms with E-state index in [1.807, 2.05) is 99.6 Å². The average Bonchev–Trinajstić information content (AvgIpc) is 3.40. The van der Waals surface area contributed by atoms with Crippen LogP contribution < -0.4 is 10.9 Å². The largest absolute Gasteiger partial charge is 0.359 e. The number of H-pyrrole nitrogens is 1. The number of carbonyl (C=O) groups is 1. The quantitative estimate of drug-likeness (QED) is 0.235. The van der Waals surface area contributed by atoms with Gasteiger partial charge in [-0.2, -0.15) is 5.10 Å². The lowest BCUT2D eigenvalue weighted by atomic mass is 9.87. The number of hydrogen-bond acceptors (Lipinski definition) is 4. The van der Waals surface area contributed by atoms with E-state index in [0.717, 1.165) is 38.1 Å². The van der Waals surface area contributed by atoms with Crippen molar-refractivity contribution in [2.45, 2.75) is 26.7 Å². The van der Waals surface area contributed by atoms with Gasteiger partial charge in [0, 0.05) is 32.7 Å². The molecule has 0 fully saturated rings. The van der Waals surface area contributed by atoms with Gasteiger partial charge in [-0.1, -0.05) is 64.0 Å². The van der Waals surface area contributed by atoms with Crippen molar-refractivity contribution in [3.8, 4) is 5.69 Å². The van der Waals surface area contributed by atoms with Gasteiger partial charge in [0.05, 0.1) is 16.9 Å². The molecule has 0 saturated heterocycles. The Morgan fingerprint density at radius 1 is 0.947 bits per heavy atom. The van der Waals surface area contributed by atoms with Crippen molar-refractivity contribution in [1.82, 2.24) is 14.8 Å². The second kappa shape index (κ2) is 9.26. The Bertz CT molecular complexity index is 1800. The predicted octanol–water partition coefficient (Wildman–Crippen LogP) is 6.81. The number of fused-ring (bicyclic) bond motifs is 3. The molecule has 188 valence electrons. The molecule has 1 aliphatic carbocycles. The van der Waals surface area contributed by atoms with Crippen LogP contribution in [0.2, 0.25) is 0 Å². The summed E-state index contributed by atoms with van der Waals surface area (Å²) in [4.78, 5) is 30.6. The zero-order chi connectivity index (χ0) is 26.6. The van der Waals surface area contributed by atoms with Gasteiger partial charge in [0.1, 0.15) is 5.65 Å². The maximum Gasteiger partial charge on any atom is 0.261 e. The zero-order valence-electron chi connectivity index (χ0n) is 21.2. The first-order valence-electron chi connectivity index (χ1n) is 12.4. The molecule has 5 aromatic rings. The number of anilines is 1. The number of carbonyl (C=O) groups excluding carboxylic acids is 1. The normalized spacial score (nSPS) is 16.1. The summed E-state index contributed by atoms with van der Waals surface area (Å²) in [6.45, 7) is 5.85. The minimum atomic E-state index is -0.430. The SMILES string of the molecule is C/C(Nc1ccc(C)cc1)=C1/C(=O)c2c(c3c(C)nn(-c4ccccc4)c3[nH]c2=O)C1c1ccc(Br)cc1. The van der Waals surface area contributed by atoms with E-state index in [2.05, 4.69) is 26.2 Å². The summed E-state index contributed by atoms with van der Waals surface area (Å²) < 4.78 is 2.68. The minimum absolute atomic E-state index is 0.182. The Morgan fingerprint density at radius 3 is 2.32 bits per heavy atom.